The predicted molar refractivity (Wildman–Crippen MR) is 162 cm³/mol. The van der Waals surface area contributed by atoms with Crippen LogP contribution in [0.5, 0.6) is 0 Å². The molecule has 184 valence electrons. The van der Waals surface area contributed by atoms with Gasteiger partial charge >= 0.3 is 5.97 Å². The Labute approximate surface area is 228 Å². The van der Waals surface area contributed by atoms with Gasteiger partial charge in [-0.1, -0.05) is 124 Å². The number of aromatic carboxylic acids is 1. The van der Waals surface area contributed by atoms with E-state index in [9.17, 15) is 4.79 Å². The van der Waals surface area contributed by atoms with E-state index in [1.54, 1.807) is 23.9 Å². The molecule has 3 aromatic carbocycles. The SMILES string of the molecule is CC(SC(=S)c1ccccc1)c1ccc(C(=O)O)cc1.CCCCC(C)SC(=S)c1ccccc1. The average molecular weight is 541 g/mol. The van der Waals surface area contributed by atoms with Crippen LogP contribution in [0.3, 0.4) is 0 Å². The Morgan fingerprint density at radius 1 is 0.771 bits per heavy atom. The molecule has 0 spiro atoms. The molecular weight excluding hydrogens is 509 g/mol. The van der Waals surface area contributed by atoms with Crippen LogP contribution in [0.1, 0.15) is 72.3 Å². The average Bonchev–Trinajstić information content (AvgIpc) is 2.88. The monoisotopic (exact) mass is 540 g/mol. The first kappa shape index (κ1) is 29.2. The minimum absolute atomic E-state index is 0.186. The Morgan fingerprint density at radius 3 is 1.71 bits per heavy atom. The lowest BCUT2D eigenvalue weighted by Crippen LogP contribution is -2.01. The molecular formula is C29H32O2S4. The summed E-state index contributed by atoms with van der Waals surface area (Å²) >= 11 is 14.3. The topological polar surface area (TPSA) is 37.3 Å². The van der Waals surface area contributed by atoms with Gasteiger partial charge in [-0.2, -0.15) is 0 Å². The minimum Gasteiger partial charge on any atom is -0.478 e. The molecule has 0 bridgehead atoms. The summed E-state index contributed by atoms with van der Waals surface area (Å²) in [7, 11) is 0. The van der Waals surface area contributed by atoms with Crippen molar-refractivity contribution in [2.75, 3.05) is 0 Å². The molecule has 0 aliphatic heterocycles. The molecule has 0 aliphatic carbocycles. The van der Waals surface area contributed by atoms with Crippen molar-refractivity contribution in [2.45, 2.75) is 50.5 Å². The van der Waals surface area contributed by atoms with Crippen LogP contribution in [0, 0.1) is 0 Å². The molecule has 1 N–H and O–H groups in total. The maximum absolute atomic E-state index is 10.8. The summed E-state index contributed by atoms with van der Waals surface area (Å²) in [6, 6.07) is 27.1. The van der Waals surface area contributed by atoms with Gasteiger partial charge < -0.3 is 5.11 Å². The molecule has 0 fully saturated rings. The zero-order valence-corrected chi connectivity index (χ0v) is 23.6. The van der Waals surface area contributed by atoms with Crippen LogP contribution in [0.25, 0.3) is 0 Å². The third-order valence-corrected chi connectivity index (χ3v) is 8.41. The Morgan fingerprint density at radius 2 is 1.26 bits per heavy atom. The number of carbonyl (C=O) groups is 1. The molecule has 0 saturated heterocycles. The minimum atomic E-state index is -0.906. The number of rotatable bonds is 9. The van der Waals surface area contributed by atoms with Crippen molar-refractivity contribution in [3.8, 4) is 0 Å². The van der Waals surface area contributed by atoms with E-state index in [0.717, 1.165) is 19.5 Å². The molecule has 3 rings (SSSR count). The summed E-state index contributed by atoms with van der Waals surface area (Å²) in [5, 5.41) is 9.70. The molecule has 0 heterocycles. The second-order valence-electron chi connectivity index (χ2n) is 8.06. The van der Waals surface area contributed by atoms with Crippen LogP contribution < -0.4 is 0 Å². The molecule has 35 heavy (non-hydrogen) atoms. The van der Waals surface area contributed by atoms with Crippen molar-refractivity contribution in [3.05, 3.63) is 107 Å². The van der Waals surface area contributed by atoms with E-state index < -0.39 is 5.97 Å². The fourth-order valence-electron chi connectivity index (χ4n) is 3.14. The van der Waals surface area contributed by atoms with Crippen molar-refractivity contribution in [1.29, 1.82) is 0 Å². The van der Waals surface area contributed by atoms with Gasteiger partial charge in [0.1, 0.15) is 0 Å². The van der Waals surface area contributed by atoms with Crippen LogP contribution in [0.2, 0.25) is 0 Å². The Kier molecular flexibility index (Phi) is 13.3. The molecule has 0 aliphatic rings. The van der Waals surface area contributed by atoms with Gasteiger partial charge in [0, 0.05) is 10.5 Å². The lowest BCUT2D eigenvalue weighted by Gasteiger charge is -2.12. The maximum Gasteiger partial charge on any atom is 0.335 e. The first-order valence-electron chi connectivity index (χ1n) is 11.7. The largest absolute Gasteiger partial charge is 0.478 e. The van der Waals surface area contributed by atoms with E-state index in [4.69, 9.17) is 29.5 Å². The van der Waals surface area contributed by atoms with Crippen LogP contribution in [-0.4, -0.2) is 24.7 Å². The van der Waals surface area contributed by atoms with E-state index >= 15 is 0 Å². The van der Waals surface area contributed by atoms with Crippen molar-refractivity contribution in [1.82, 2.24) is 0 Å². The standard InChI is InChI=1S/C16H14O2S2.C13H18S2/c1-11(12-7-9-13(10-8-12)15(17)18)20-16(19)14-5-3-2-4-6-14;1-3-4-8-11(2)15-13(14)12-9-6-5-7-10-12/h2-11H,1H3,(H,17,18);5-7,9-11H,3-4,8H2,1-2H3. The number of thiocarbonyl (C=S) groups is 2. The van der Waals surface area contributed by atoms with Gasteiger partial charge in [-0.15, -0.1) is 23.5 Å². The number of carboxylic acids is 1. The fourth-order valence-corrected chi connectivity index (χ4v) is 6.15. The highest BCUT2D eigenvalue weighted by Crippen LogP contribution is 2.31. The third-order valence-electron chi connectivity index (χ3n) is 5.20. The zero-order chi connectivity index (χ0) is 25.6. The normalized spacial score (nSPS) is 12.1. The summed E-state index contributed by atoms with van der Waals surface area (Å²) in [5.74, 6) is -0.906. The molecule has 3 aromatic rings. The Hall–Kier alpha value is -1.99. The van der Waals surface area contributed by atoms with E-state index in [1.807, 2.05) is 72.4 Å². The number of hydrogen-bond acceptors (Lipinski definition) is 5. The first-order valence-corrected chi connectivity index (χ1v) is 14.2. The molecule has 0 saturated carbocycles. The summed E-state index contributed by atoms with van der Waals surface area (Å²) in [6.45, 7) is 6.55. The summed E-state index contributed by atoms with van der Waals surface area (Å²) in [4.78, 5) is 10.8. The number of hydrogen-bond donors (Lipinski definition) is 1. The number of thioether (sulfide) groups is 2. The zero-order valence-electron chi connectivity index (χ0n) is 20.3. The van der Waals surface area contributed by atoms with Gasteiger partial charge in [-0.3, -0.25) is 0 Å². The molecule has 2 unspecified atom stereocenters. The van der Waals surface area contributed by atoms with Crippen molar-refractivity contribution in [2.24, 2.45) is 0 Å². The Balaban J connectivity index is 0.000000258. The van der Waals surface area contributed by atoms with Crippen molar-refractivity contribution >= 4 is 62.3 Å². The predicted octanol–water partition coefficient (Wildman–Crippen LogP) is 9.23. The van der Waals surface area contributed by atoms with Gasteiger partial charge in [0.05, 0.1) is 14.0 Å². The van der Waals surface area contributed by atoms with E-state index in [1.165, 1.54) is 24.8 Å². The molecule has 6 heteroatoms. The van der Waals surface area contributed by atoms with Gasteiger partial charge in [-0.05, 0) is 42.2 Å². The highest BCUT2D eigenvalue weighted by atomic mass is 32.2. The van der Waals surface area contributed by atoms with Gasteiger partial charge in [0.15, 0.2) is 0 Å². The molecule has 0 aromatic heterocycles. The van der Waals surface area contributed by atoms with Crippen LogP contribution >= 0.6 is 48.0 Å². The van der Waals surface area contributed by atoms with Crippen LogP contribution in [0.4, 0.5) is 0 Å². The first-order chi connectivity index (χ1) is 16.8. The van der Waals surface area contributed by atoms with E-state index in [2.05, 4.69) is 32.9 Å². The molecule has 2 nitrogen and oxygen atoms in total. The lowest BCUT2D eigenvalue weighted by atomic mass is 10.1. The van der Waals surface area contributed by atoms with Crippen LogP contribution in [-0.2, 0) is 0 Å². The van der Waals surface area contributed by atoms with E-state index in [-0.39, 0.29) is 5.25 Å². The van der Waals surface area contributed by atoms with Gasteiger partial charge in [0.25, 0.3) is 0 Å². The maximum atomic E-state index is 10.8. The summed E-state index contributed by atoms with van der Waals surface area (Å²) < 4.78 is 1.87. The van der Waals surface area contributed by atoms with Gasteiger partial charge in [-0.25, -0.2) is 4.79 Å². The van der Waals surface area contributed by atoms with Gasteiger partial charge in [0.2, 0.25) is 0 Å². The second-order valence-corrected chi connectivity index (χ2v) is 12.2. The third kappa shape index (κ3) is 10.7. The molecule has 2 atom stereocenters. The van der Waals surface area contributed by atoms with E-state index in [0.29, 0.717) is 10.8 Å². The number of benzene rings is 3. The summed E-state index contributed by atoms with van der Waals surface area (Å²) in [6.07, 6.45) is 3.82. The molecule has 0 amide bonds. The number of unbranched alkanes of at least 4 members (excludes halogenated alkanes) is 1. The smallest absolute Gasteiger partial charge is 0.335 e. The van der Waals surface area contributed by atoms with Crippen molar-refractivity contribution in [3.63, 3.8) is 0 Å². The highest BCUT2D eigenvalue weighted by molar-refractivity contribution is 8.24. The quantitative estimate of drug-likeness (QED) is 0.273. The highest BCUT2D eigenvalue weighted by Gasteiger charge is 2.12. The lowest BCUT2D eigenvalue weighted by molar-refractivity contribution is 0.0697. The Bertz CT molecular complexity index is 1070. The fraction of sp³-hybridized carbons (Fsp3) is 0.276. The number of carboxylic acid groups (broad SMARTS) is 1. The molecule has 0 radical (unpaired) electrons. The second kappa shape index (κ2) is 15.9. The summed E-state index contributed by atoms with van der Waals surface area (Å²) in [5.41, 5.74) is 3.59. The van der Waals surface area contributed by atoms with Crippen LogP contribution in [0.15, 0.2) is 84.9 Å². The van der Waals surface area contributed by atoms with Crippen molar-refractivity contribution < 1.29 is 9.90 Å².